The molecule has 3 saturated carbocycles. The molecule has 104 heavy (non-hydrogen) atoms. The number of aryl methyl sites for hydroxylation is 4. The molecule has 18 heteroatoms. The predicted molar refractivity (Wildman–Crippen MR) is 416 cm³/mol. The van der Waals surface area contributed by atoms with Crippen molar-refractivity contribution >= 4 is 86.7 Å². The molecule has 536 valence electrons. The summed E-state index contributed by atoms with van der Waals surface area (Å²) in [5.74, 6) is 5.65. The van der Waals surface area contributed by atoms with Crippen molar-refractivity contribution in [3.63, 3.8) is 0 Å². The number of Topliss-reactive ketones (excluding diaryl/α,β-unsaturated/α-hetero) is 1. The van der Waals surface area contributed by atoms with Crippen LogP contribution in [0, 0.1) is 48.2 Å². The number of nitrogens with one attached hydrogen (secondary N) is 2. The van der Waals surface area contributed by atoms with Crippen LogP contribution in [0.3, 0.4) is 0 Å². The molecule has 0 radical (unpaired) electrons. The molecule has 8 aromatic rings. The van der Waals surface area contributed by atoms with Crippen LogP contribution in [0.4, 0.5) is 14.0 Å². The SMILES string of the molecule is Cc1cccc(-c2ccccc2CCCC2CCC(Cc3nccc(/C=C4\SC(=O)NC4=O)n3)CC2)c1.O=C1CC(=O)/C(=C/c2ccnc(CC3CCC(CCCc4ccc(F)cc4)CC3)n2)S1.O=C1NC(=O)/C(=C/c2ccnc(CC3CCC(CCCc4cccc(-c5ccccc5)c4)CC3)n2)S1. The quantitative estimate of drug-likeness (QED) is 0.0452. The Kier molecular flexibility index (Phi) is 27.2. The lowest BCUT2D eigenvalue weighted by Gasteiger charge is -2.28. The first-order valence-corrected chi connectivity index (χ1v) is 39.6. The Labute approximate surface area is 623 Å². The van der Waals surface area contributed by atoms with E-state index in [1.54, 1.807) is 55.0 Å². The molecule has 6 heterocycles. The molecule has 0 bridgehead atoms. The van der Waals surface area contributed by atoms with Gasteiger partial charge >= 0.3 is 0 Å². The van der Waals surface area contributed by atoms with Crippen molar-refractivity contribution in [1.29, 1.82) is 0 Å². The van der Waals surface area contributed by atoms with Gasteiger partial charge in [-0.15, -0.1) is 0 Å². The van der Waals surface area contributed by atoms with Gasteiger partial charge in [0, 0.05) is 37.9 Å². The van der Waals surface area contributed by atoms with Gasteiger partial charge in [-0.1, -0.05) is 179 Å². The number of aromatic nitrogens is 6. The molecule has 6 fully saturated rings. The number of nitrogens with zero attached hydrogens (tertiary/aromatic N) is 6. The van der Waals surface area contributed by atoms with Gasteiger partial charge in [0.05, 0.1) is 38.2 Å². The minimum Gasteiger partial charge on any atom is -0.293 e. The number of thioether (sulfide) groups is 3. The lowest BCUT2D eigenvalue weighted by Crippen LogP contribution is -2.18. The van der Waals surface area contributed by atoms with E-state index >= 15 is 0 Å². The third kappa shape index (κ3) is 22.8. The van der Waals surface area contributed by atoms with Crippen molar-refractivity contribution in [2.24, 2.45) is 35.5 Å². The summed E-state index contributed by atoms with van der Waals surface area (Å²) in [6.07, 6.45) is 38.4. The number of halogens is 1. The third-order valence-electron chi connectivity index (χ3n) is 20.9. The maximum Gasteiger partial charge on any atom is 0.290 e. The Bertz CT molecular complexity index is 4410. The summed E-state index contributed by atoms with van der Waals surface area (Å²) in [5, 5.41) is 3.79. The summed E-state index contributed by atoms with van der Waals surface area (Å²) in [4.78, 5) is 98.1. The number of imide groups is 2. The number of benzene rings is 5. The first kappa shape index (κ1) is 74.9. The molecular weight excluding hydrogens is 1360 g/mol. The van der Waals surface area contributed by atoms with Crippen LogP contribution in [0.5, 0.6) is 0 Å². The van der Waals surface area contributed by atoms with E-state index in [0.29, 0.717) is 49.6 Å². The summed E-state index contributed by atoms with van der Waals surface area (Å²) >= 11 is 2.84. The summed E-state index contributed by atoms with van der Waals surface area (Å²) in [6, 6.07) is 49.4. The molecule has 5 aromatic carbocycles. The number of rotatable bonds is 23. The zero-order valence-corrected chi connectivity index (χ0v) is 61.6. The minimum atomic E-state index is -0.355. The Morgan fingerprint density at radius 1 is 0.423 bits per heavy atom. The van der Waals surface area contributed by atoms with Crippen LogP contribution >= 0.6 is 35.3 Å². The number of hydrogen-bond donors (Lipinski definition) is 2. The van der Waals surface area contributed by atoms with E-state index in [9.17, 15) is 33.2 Å². The molecule has 3 aliphatic heterocycles. The average Bonchev–Trinajstić information content (AvgIpc) is 1.69. The maximum absolute atomic E-state index is 13.0. The van der Waals surface area contributed by atoms with Gasteiger partial charge in [0.1, 0.15) is 23.3 Å². The molecule has 3 saturated heterocycles. The second-order valence-corrected chi connectivity index (χ2v) is 31.8. The van der Waals surface area contributed by atoms with E-state index in [2.05, 4.69) is 151 Å². The Morgan fingerprint density at radius 3 is 1.35 bits per heavy atom. The van der Waals surface area contributed by atoms with Gasteiger partial charge in [-0.05, 0) is 242 Å². The van der Waals surface area contributed by atoms with E-state index in [4.69, 9.17) is 0 Å². The van der Waals surface area contributed by atoms with Gasteiger partial charge in [-0.2, -0.15) is 0 Å². The number of amides is 4. The number of allylic oxidation sites excluding steroid dienone is 1. The van der Waals surface area contributed by atoms with Gasteiger partial charge in [0.15, 0.2) is 5.78 Å². The number of carbonyl (C=O) groups is 6. The first-order valence-electron chi connectivity index (χ1n) is 37.2. The third-order valence-corrected chi connectivity index (χ3v) is 23.5. The summed E-state index contributed by atoms with van der Waals surface area (Å²) in [7, 11) is 0. The number of carbonyl (C=O) groups excluding carboxylic acids is 6. The van der Waals surface area contributed by atoms with Crippen LogP contribution in [0.15, 0.2) is 179 Å². The van der Waals surface area contributed by atoms with Crippen molar-refractivity contribution in [3.05, 3.63) is 242 Å². The topological polar surface area (TPSA) is 204 Å². The molecule has 4 amide bonds. The molecule has 0 atom stereocenters. The zero-order chi connectivity index (χ0) is 72.0. The van der Waals surface area contributed by atoms with E-state index in [-0.39, 0.29) is 45.4 Å². The van der Waals surface area contributed by atoms with Crippen LogP contribution < -0.4 is 10.6 Å². The predicted octanol–water partition coefficient (Wildman–Crippen LogP) is 19.5. The molecule has 14 nitrogen and oxygen atoms in total. The van der Waals surface area contributed by atoms with Crippen LogP contribution in [-0.4, -0.2) is 63.1 Å². The molecule has 6 aliphatic rings. The molecule has 3 aromatic heterocycles. The highest BCUT2D eigenvalue weighted by molar-refractivity contribution is 8.19. The van der Waals surface area contributed by atoms with E-state index in [1.165, 1.54) is 166 Å². The second kappa shape index (κ2) is 37.7. The van der Waals surface area contributed by atoms with Crippen molar-refractivity contribution in [2.45, 2.75) is 167 Å². The summed E-state index contributed by atoms with van der Waals surface area (Å²) < 4.78 is 13.0. The highest BCUT2D eigenvalue weighted by atomic mass is 32.2. The molecule has 0 unspecified atom stereocenters. The summed E-state index contributed by atoms with van der Waals surface area (Å²) in [6.45, 7) is 2.15. The van der Waals surface area contributed by atoms with E-state index < -0.39 is 0 Å². The normalized spacial score (nSPS) is 21.5. The van der Waals surface area contributed by atoms with Crippen LogP contribution in [0.2, 0.25) is 0 Å². The fraction of sp³-hybridized carbons (Fsp3) is 0.372. The Balaban J connectivity index is 0.000000147. The monoisotopic (exact) mass is 1450 g/mol. The van der Waals surface area contributed by atoms with Crippen molar-refractivity contribution in [2.75, 3.05) is 0 Å². The smallest absolute Gasteiger partial charge is 0.290 e. The van der Waals surface area contributed by atoms with Crippen LogP contribution in [0.25, 0.3) is 40.5 Å². The highest BCUT2D eigenvalue weighted by Gasteiger charge is 2.30. The standard InChI is InChI=1S/C31H33N3O2S.C30H31N3O2S.C25H27FN2O2S/c1-21-6-4-10-25(18-21)27-11-3-2-8-24(27)9-5-7-22-12-14-23(15-13-22)19-29-32-17-16-26(33-29)20-28-30(35)34-31(36)37-28;34-29-27(36-30(35)33-29)20-26-16-17-31-28(32-26)19-23-14-12-21(13-15-23)6-4-7-22-8-5-11-25(18-22)24-9-2-1-3-10-24;26-20-10-8-18(9-11-20)3-1-2-17-4-6-19(7-5-17)14-24-27-13-12-21(28-24)15-23-22(29)16-25(30)31-23/h2-4,6,8,10-11,16-18,20,22-23H,5,7,9,12-15,19H2,1H3,(H,34,35,36);1-3,5,8-11,16-18,20-21,23H,4,6-7,12-15,19H2,(H,33,34,35);8-13,15,17,19H,1-7,14,16H2/b28-20-;27-20-;23-15-. The van der Waals surface area contributed by atoms with Gasteiger partial charge in [-0.25, -0.2) is 34.3 Å². The maximum atomic E-state index is 13.0. The summed E-state index contributed by atoms with van der Waals surface area (Å²) in [5.41, 5.74) is 12.7. The van der Waals surface area contributed by atoms with Gasteiger partial charge in [0.25, 0.3) is 22.3 Å². The zero-order valence-electron chi connectivity index (χ0n) is 59.2. The molecule has 0 spiro atoms. The second-order valence-electron chi connectivity index (χ2n) is 28.6. The van der Waals surface area contributed by atoms with Crippen molar-refractivity contribution < 1.29 is 33.2 Å². The fourth-order valence-electron chi connectivity index (χ4n) is 15.3. The molecule has 2 N–H and O–H groups in total. The van der Waals surface area contributed by atoms with E-state index in [0.717, 1.165) is 115 Å². The molecule has 14 rings (SSSR count). The van der Waals surface area contributed by atoms with Crippen LogP contribution in [0.1, 0.15) is 179 Å². The Morgan fingerprint density at radius 2 is 0.865 bits per heavy atom. The molecule has 3 aliphatic carbocycles. The fourth-order valence-corrected chi connectivity index (χ4v) is 17.5. The lowest BCUT2D eigenvalue weighted by atomic mass is 9.78. The largest absolute Gasteiger partial charge is 0.293 e. The molecular formula is C86H91FN8O6S3. The highest BCUT2D eigenvalue weighted by Crippen LogP contribution is 2.38. The minimum absolute atomic E-state index is 0.0123. The Hall–Kier alpha value is -8.84. The van der Waals surface area contributed by atoms with Gasteiger partial charge in [0.2, 0.25) is 5.12 Å². The first-order chi connectivity index (χ1) is 50.7. The van der Waals surface area contributed by atoms with Gasteiger partial charge in [-0.3, -0.25) is 39.4 Å². The lowest BCUT2D eigenvalue weighted by molar-refractivity contribution is -0.119. The average molecular weight is 1450 g/mol. The van der Waals surface area contributed by atoms with Crippen molar-refractivity contribution in [3.8, 4) is 22.3 Å². The number of ketones is 1. The van der Waals surface area contributed by atoms with Crippen LogP contribution in [-0.2, 0) is 57.7 Å². The number of hydrogen-bond acceptors (Lipinski definition) is 15. The van der Waals surface area contributed by atoms with Crippen molar-refractivity contribution in [1.82, 2.24) is 40.5 Å². The van der Waals surface area contributed by atoms with E-state index in [1.807, 2.05) is 12.1 Å². The van der Waals surface area contributed by atoms with Gasteiger partial charge < -0.3 is 0 Å².